The van der Waals surface area contributed by atoms with Gasteiger partial charge in [0.15, 0.2) is 6.61 Å². The number of sulfonamides is 1. The fraction of sp³-hybridized carbons (Fsp3) is 0.158. The lowest BCUT2D eigenvalue weighted by Crippen LogP contribution is -2.44. The van der Waals surface area contributed by atoms with E-state index in [4.69, 9.17) is 9.88 Å². The number of imide groups is 1. The van der Waals surface area contributed by atoms with Crippen molar-refractivity contribution in [1.82, 2.24) is 4.90 Å². The molecular weight excluding hydrogens is 414 g/mol. The third-order valence-electron chi connectivity index (χ3n) is 4.35. The van der Waals surface area contributed by atoms with Crippen LogP contribution in [0.15, 0.2) is 53.4 Å². The van der Waals surface area contributed by atoms with Gasteiger partial charge < -0.3 is 10.1 Å². The van der Waals surface area contributed by atoms with Crippen LogP contribution in [0.5, 0.6) is 0 Å². The molecule has 0 aromatic heterocycles. The zero-order valence-electron chi connectivity index (χ0n) is 15.7. The average molecular weight is 431 g/mol. The highest BCUT2D eigenvalue weighted by Crippen LogP contribution is 2.24. The van der Waals surface area contributed by atoms with Crippen molar-refractivity contribution in [2.24, 2.45) is 5.14 Å². The molecule has 3 amide bonds. The molecule has 2 aromatic rings. The third-order valence-corrected chi connectivity index (χ3v) is 5.26. The van der Waals surface area contributed by atoms with Crippen molar-refractivity contribution in [3.05, 3.63) is 59.7 Å². The molecule has 1 heterocycles. The van der Waals surface area contributed by atoms with Crippen LogP contribution in [0.2, 0.25) is 0 Å². The smallest absolute Gasteiger partial charge is 0.329 e. The number of hydrogen-bond donors (Lipinski definition) is 2. The topological polar surface area (TPSA) is 153 Å². The zero-order valence-corrected chi connectivity index (χ0v) is 16.5. The molecular formula is C19H17N3O7S. The highest BCUT2D eigenvalue weighted by molar-refractivity contribution is 7.89. The molecule has 2 aromatic carbocycles. The molecule has 3 rings (SSSR count). The van der Waals surface area contributed by atoms with E-state index in [1.54, 1.807) is 12.1 Å². The van der Waals surface area contributed by atoms with Crippen molar-refractivity contribution in [1.29, 1.82) is 0 Å². The second-order valence-corrected chi connectivity index (χ2v) is 7.99. The fourth-order valence-corrected chi connectivity index (χ4v) is 3.43. The molecule has 1 aliphatic heterocycles. The molecule has 1 atom stereocenters. The summed E-state index contributed by atoms with van der Waals surface area (Å²) in [7, 11) is -3.95. The summed E-state index contributed by atoms with van der Waals surface area (Å²) in [5, 5.41) is 7.40. The van der Waals surface area contributed by atoms with Gasteiger partial charge in [0.05, 0.1) is 16.0 Å². The molecule has 1 aliphatic rings. The number of amides is 3. The Balaban J connectivity index is 1.60. The molecule has 156 valence electrons. The second kappa shape index (κ2) is 8.05. The first-order chi connectivity index (χ1) is 14.1. The summed E-state index contributed by atoms with van der Waals surface area (Å²) in [5.74, 6) is -2.93. The molecule has 0 bridgehead atoms. The van der Waals surface area contributed by atoms with Gasteiger partial charge in [-0.3, -0.25) is 19.3 Å². The largest absolute Gasteiger partial charge is 0.454 e. The van der Waals surface area contributed by atoms with Crippen LogP contribution in [0.3, 0.4) is 0 Å². The third kappa shape index (κ3) is 4.21. The molecule has 1 unspecified atom stereocenters. The summed E-state index contributed by atoms with van der Waals surface area (Å²) in [6.45, 7) is 0.615. The van der Waals surface area contributed by atoms with E-state index in [9.17, 15) is 27.6 Å². The Hall–Kier alpha value is -3.57. The molecule has 0 radical (unpaired) electrons. The first-order valence-electron chi connectivity index (χ1n) is 8.66. The molecule has 0 fully saturated rings. The fourth-order valence-electron chi connectivity index (χ4n) is 2.87. The van der Waals surface area contributed by atoms with E-state index in [1.807, 2.05) is 0 Å². The van der Waals surface area contributed by atoms with Crippen molar-refractivity contribution >= 4 is 39.4 Å². The average Bonchev–Trinajstić information content (AvgIpc) is 2.96. The van der Waals surface area contributed by atoms with Crippen LogP contribution in [0.25, 0.3) is 0 Å². The molecule has 30 heavy (non-hydrogen) atoms. The first-order valence-corrected chi connectivity index (χ1v) is 10.2. The lowest BCUT2D eigenvalue weighted by Gasteiger charge is -2.20. The normalized spacial score (nSPS) is 14.3. The number of anilines is 1. The van der Waals surface area contributed by atoms with Gasteiger partial charge in [0.1, 0.15) is 6.04 Å². The maximum atomic E-state index is 12.4. The van der Waals surface area contributed by atoms with Crippen molar-refractivity contribution in [3.8, 4) is 0 Å². The maximum Gasteiger partial charge on any atom is 0.329 e. The van der Waals surface area contributed by atoms with Crippen molar-refractivity contribution in [2.75, 3.05) is 11.9 Å². The molecule has 10 nitrogen and oxygen atoms in total. The first kappa shape index (κ1) is 21.1. The molecule has 0 aliphatic carbocycles. The Bertz CT molecular complexity index is 1130. The van der Waals surface area contributed by atoms with Gasteiger partial charge in [-0.05, 0) is 37.3 Å². The highest BCUT2D eigenvalue weighted by atomic mass is 32.2. The van der Waals surface area contributed by atoms with Crippen LogP contribution in [-0.4, -0.2) is 49.7 Å². The van der Waals surface area contributed by atoms with E-state index < -0.39 is 46.4 Å². The number of nitrogens with zero attached hydrogens (tertiary/aromatic N) is 1. The number of benzene rings is 2. The van der Waals surface area contributed by atoms with E-state index in [0.29, 0.717) is 0 Å². The summed E-state index contributed by atoms with van der Waals surface area (Å²) in [6, 6.07) is 10.1. The van der Waals surface area contributed by atoms with Crippen LogP contribution in [0, 0.1) is 0 Å². The summed E-state index contributed by atoms with van der Waals surface area (Å²) < 4.78 is 27.6. The van der Waals surface area contributed by atoms with E-state index in [1.165, 1.54) is 37.3 Å². The molecule has 11 heteroatoms. The summed E-state index contributed by atoms with van der Waals surface area (Å²) in [6.07, 6.45) is 0. The van der Waals surface area contributed by atoms with Crippen LogP contribution in [0.1, 0.15) is 27.6 Å². The molecule has 0 saturated heterocycles. The van der Waals surface area contributed by atoms with Gasteiger partial charge >= 0.3 is 5.97 Å². The Kier molecular flexibility index (Phi) is 5.67. The van der Waals surface area contributed by atoms with Crippen molar-refractivity contribution < 1.29 is 32.3 Å². The standard InChI is InChI=1S/C19H17N3O7S/c1-11(22-17(24)14-7-2-3-8-15(14)18(22)25)19(26)29-10-16(23)21-12-5-4-6-13(9-12)30(20,27)28/h2-9,11H,10H2,1H3,(H,21,23)(H2,20,27,28). The van der Waals surface area contributed by atoms with E-state index >= 15 is 0 Å². The van der Waals surface area contributed by atoms with Crippen molar-refractivity contribution in [2.45, 2.75) is 17.9 Å². The Morgan fingerprint density at radius 3 is 2.23 bits per heavy atom. The number of esters is 1. The number of primary sulfonamides is 1. The van der Waals surface area contributed by atoms with Gasteiger partial charge in [0.25, 0.3) is 17.7 Å². The van der Waals surface area contributed by atoms with Gasteiger partial charge in [0.2, 0.25) is 10.0 Å². The Morgan fingerprint density at radius 1 is 1.07 bits per heavy atom. The number of rotatable bonds is 6. The van der Waals surface area contributed by atoms with E-state index in [-0.39, 0.29) is 21.7 Å². The minimum absolute atomic E-state index is 0.135. The van der Waals surface area contributed by atoms with E-state index in [0.717, 1.165) is 11.0 Å². The van der Waals surface area contributed by atoms with Crippen LogP contribution < -0.4 is 10.5 Å². The summed E-state index contributed by atoms with van der Waals surface area (Å²) in [4.78, 5) is 49.7. The Morgan fingerprint density at radius 2 is 1.67 bits per heavy atom. The predicted octanol–water partition coefficient (Wildman–Crippen LogP) is 0.500. The van der Waals surface area contributed by atoms with Crippen LogP contribution in [-0.2, 0) is 24.3 Å². The molecule has 0 saturated carbocycles. The van der Waals surface area contributed by atoms with Gasteiger partial charge in [0, 0.05) is 5.69 Å². The van der Waals surface area contributed by atoms with Gasteiger partial charge in [-0.2, -0.15) is 0 Å². The minimum atomic E-state index is -3.95. The van der Waals surface area contributed by atoms with E-state index in [2.05, 4.69) is 5.32 Å². The van der Waals surface area contributed by atoms with Gasteiger partial charge in [-0.25, -0.2) is 18.4 Å². The number of carbonyl (C=O) groups is 4. The maximum absolute atomic E-state index is 12.4. The van der Waals surface area contributed by atoms with Gasteiger partial charge in [-0.1, -0.05) is 18.2 Å². The summed E-state index contributed by atoms with van der Waals surface area (Å²) >= 11 is 0. The number of nitrogens with two attached hydrogens (primary N) is 1. The van der Waals surface area contributed by atoms with Gasteiger partial charge in [-0.15, -0.1) is 0 Å². The summed E-state index contributed by atoms with van der Waals surface area (Å²) in [5.41, 5.74) is 0.514. The van der Waals surface area contributed by atoms with Crippen molar-refractivity contribution in [3.63, 3.8) is 0 Å². The minimum Gasteiger partial charge on any atom is -0.454 e. The number of ether oxygens (including phenoxy) is 1. The molecule has 3 N–H and O–H groups in total. The quantitative estimate of drug-likeness (QED) is 0.499. The zero-order chi connectivity index (χ0) is 22.1. The molecule has 0 spiro atoms. The number of hydrogen-bond acceptors (Lipinski definition) is 7. The number of carbonyl (C=O) groups excluding carboxylic acids is 4. The number of nitrogens with one attached hydrogen (secondary N) is 1. The van der Waals surface area contributed by atoms with Crippen LogP contribution >= 0.6 is 0 Å². The second-order valence-electron chi connectivity index (χ2n) is 6.43. The Labute approximate surface area is 171 Å². The predicted molar refractivity (Wildman–Crippen MR) is 104 cm³/mol. The SMILES string of the molecule is CC(C(=O)OCC(=O)Nc1cccc(S(N)(=O)=O)c1)N1C(=O)c2ccccc2C1=O. The monoisotopic (exact) mass is 431 g/mol. The lowest BCUT2D eigenvalue weighted by atomic mass is 10.1. The highest BCUT2D eigenvalue weighted by Gasteiger charge is 2.41. The lowest BCUT2D eigenvalue weighted by molar-refractivity contribution is -0.150. The van der Waals surface area contributed by atoms with Crippen LogP contribution in [0.4, 0.5) is 5.69 Å². The number of fused-ring (bicyclic) bond motifs is 1.